The van der Waals surface area contributed by atoms with Crippen LogP contribution < -0.4 is 0 Å². The molecule has 1 aliphatic carbocycles. The molecule has 110 valence electrons. The molecule has 1 aromatic rings. The molecule has 0 bridgehead atoms. The SMILES string of the molecule is Cc1ccc(C(CO)CC2CCC3(CCCC3)O2)cc1. The van der Waals surface area contributed by atoms with E-state index >= 15 is 0 Å². The van der Waals surface area contributed by atoms with Crippen LogP contribution in [0.2, 0.25) is 0 Å². The van der Waals surface area contributed by atoms with Crippen molar-refractivity contribution < 1.29 is 9.84 Å². The van der Waals surface area contributed by atoms with Gasteiger partial charge in [0.1, 0.15) is 0 Å². The lowest BCUT2D eigenvalue weighted by molar-refractivity contribution is -0.0427. The Bertz CT molecular complexity index is 431. The van der Waals surface area contributed by atoms with E-state index in [1.165, 1.54) is 49.7 Å². The van der Waals surface area contributed by atoms with Gasteiger partial charge in [0.05, 0.1) is 18.3 Å². The number of rotatable bonds is 4. The molecule has 3 rings (SSSR count). The van der Waals surface area contributed by atoms with Crippen LogP contribution in [0.15, 0.2) is 24.3 Å². The first kappa shape index (κ1) is 14.1. The summed E-state index contributed by atoms with van der Waals surface area (Å²) in [6.45, 7) is 2.32. The summed E-state index contributed by atoms with van der Waals surface area (Å²) in [5.41, 5.74) is 2.72. The molecule has 2 nitrogen and oxygen atoms in total. The standard InChI is InChI=1S/C18H26O2/c1-14-4-6-15(7-5-14)16(13-19)12-17-8-11-18(20-17)9-2-3-10-18/h4-7,16-17,19H,2-3,8-13H2,1H3. The molecule has 20 heavy (non-hydrogen) atoms. The molecule has 1 N–H and O–H groups in total. The molecule has 2 atom stereocenters. The second kappa shape index (κ2) is 5.87. The fourth-order valence-electron chi connectivity index (χ4n) is 3.92. The molecule has 2 unspecified atom stereocenters. The molecule has 1 saturated carbocycles. The summed E-state index contributed by atoms with van der Waals surface area (Å²) in [7, 11) is 0. The summed E-state index contributed by atoms with van der Waals surface area (Å²) < 4.78 is 6.38. The largest absolute Gasteiger partial charge is 0.396 e. The molecule has 1 heterocycles. The number of aliphatic hydroxyl groups is 1. The fraction of sp³-hybridized carbons (Fsp3) is 0.667. The van der Waals surface area contributed by atoms with Gasteiger partial charge in [0.25, 0.3) is 0 Å². The zero-order valence-electron chi connectivity index (χ0n) is 12.5. The van der Waals surface area contributed by atoms with Crippen molar-refractivity contribution >= 4 is 0 Å². The number of aryl methyl sites for hydroxylation is 1. The Morgan fingerprint density at radius 1 is 1.20 bits per heavy atom. The number of benzene rings is 1. The Labute approximate surface area is 122 Å². The number of aliphatic hydroxyl groups excluding tert-OH is 1. The van der Waals surface area contributed by atoms with E-state index in [9.17, 15) is 5.11 Å². The minimum absolute atomic E-state index is 0.206. The number of ether oxygens (including phenoxy) is 1. The van der Waals surface area contributed by atoms with E-state index in [-0.39, 0.29) is 18.1 Å². The molecule has 2 heteroatoms. The van der Waals surface area contributed by atoms with Gasteiger partial charge in [0, 0.05) is 5.92 Å². The van der Waals surface area contributed by atoms with Crippen molar-refractivity contribution in [3.8, 4) is 0 Å². The first-order chi connectivity index (χ1) is 9.71. The molecule has 1 aromatic carbocycles. The predicted molar refractivity (Wildman–Crippen MR) is 80.9 cm³/mol. The maximum Gasteiger partial charge on any atom is 0.0687 e. The van der Waals surface area contributed by atoms with Crippen LogP contribution in [0.1, 0.15) is 62.0 Å². The summed E-state index contributed by atoms with van der Waals surface area (Å²) in [4.78, 5) is 0. The number of hydrogen-bond acceptors (Lipinski definition) is 2. The lowest BCUT2D eigenvalue weighted by Gasteiger charge is -2.25. The maximum absolute atomic E-state index is 9.71. The van der Waals surface area contributed by atoms with Crippen molar-refractivity contribution in [3.05, 3.63) is 35.4 Å². The fourth-order valence-corrected chi connectivity index (χ4v) is 3.92. The molecule has 0 amide bonds. The average Bonchev–Trinajstić information content (AvgIpc) is 3.08. The lowest BCUT2D eigenvalue weighted by Crippen LogP contribution is -2.25. The van der Waals surface area contributed by atoms with E-state index in [2.05, 4.69) is 31.2 Å². The van der Waals surface area contributed by atoms with Gasteiger partial charge < -0.3 is 9.84 Å². The van der Waals surface area contributed by atoms with Crippen molar-refractivity contribution in [1.29, 1.82) is 0 Å². The summed E-state index contributed by atoms with van der Waals surface area (Å²) in [6.07, 6.45) is 8.84. The van der Waals surface area contributed by atoms with Gasteiger partial charge in [-0.05, 0) is 44.6 Å². The highest BCUT2D eigenvalue weighted by molar-refractivity contribution is 5.24. The Hall–Kier alpha value is -0.860. The van der Waals surface area contributed by atoms with Crippen LogP contribution in [0.4, 0.5) is 0 Å². The highest BCUT2D eigenvalue weighted by Crippen LogP contribution is 2.45. The molecular formula is C18H26O2. The summed E-state index contributed by atoms with van der Waals surface area (Å²) in [6, 6.07) is 8.56. The van der Waals surface area contributed by atoms with Crippen LogP contribution in [-0.4, -0.2) is 23.4 Å². The Balaban J connectivity index is 1.62. The van der Waals surface area contributed by atoms with Crippen LogP contribution in [-0.2, 0) is 4.74 Å². The molecule has 1 spiro atoms. The third-order valence-electron chi connectivity index (χ3n) is 5.17. The van der Waals surface area contributed by atoms with Crippen LogP contribution in [0.5, 0.6) is 0 Å². The van der Waals surface area contributed by atoms with E-state index in [0.717, 1.165) is 6.42 Å². The molecular weight excluding hydrogens is 248 g/mol. The van der Waals surface area contributed by atoms with Crippen molar-refractivity contribution in [2.45, 2.75) is 69.5 Å². The van der Waals surface area contributed by atoms with Crippen molar-refractivity contribution in [2.75, 3.05) is 6.61 Å². The van der Waals surface area contributed by atoms with Crippen molar-refractivity contribution in [1.82, 2.24) is 0 Å². The second-order valence-electron chi connectivity index (χ2n) is 6.69. The monoisotopic (exact) mass is 274 g/mol. The van der Waals surface area contributed by atoms with Gasteiger partial charge >= 0.3 is 0 Å². The Kier molecular flexibility index (Phi) is 4.13. The van der Waals surface area contributed by atoms with Crippen molar-refractivity contribution in [2.24, 2.45) is 0 Å². The van der Waals surface area contributed by atoms with Gasteiger partial charge in [-0.15, -0.1) is 0 Å². The molecule has 0 radical (unpaired) electrons. The zero-order valence-corrected chi connectivity index (χ0v) is 12.5. The molecule has 1 saturated heterocycles. The van der Waals surface area contributed by atoms with Gasteiger partial charge in [0.15, 0.2) is 0 Å². The normalized spacial score (nSPS) is 26.2. The minimum atomic E-state index is 0.206. The smallest absolute Gasteiger partial charge is 0.0687 e. The summed E-state index contributed by atoms with van der Waals surface area (Å²) in [5, 5.41) is 9.71. The minimum Gasteiger partial charge on any atom is -0.396 e. The van der Waals surface area contributed by atoms with Gasteiger partial charge in [0.2, 0.25) is 0 Å². The first-order valence-electron chi connectivity index (χ1n) is 8.06. The maximum atomic E-state index is 9.71. The van der Waals surface area contributed by atoms with E-state index < -0.39 is 0 Å². The van der Waals surface area contributed by atoms with Crippen LogP contribution in [0, 0.1) is 6.92 Å². The second-order valence-corrected chi connectivity index (χ2v) is 6.69. The summed E-state index contributed by atoms with van der Waals surface area (Å²) in [5.74, 6) is 0.220. The summed E-state index contributed by atoms with van der Waals surface area (Å²) >= 11 is 0. The number of hydrogen-bond donors (Lipinski definition) is 1. The van der Waals surface area contributed by atoms with Crippen LogP contribution >= 0.6 is 0 Å². The molecule has 2 fully saturated rings. The van der Waals surface area contributed by atoms with E-state index in [1.54, 1.807) is 0 Å². The van der Waals surface area contributed by atoms with Gasteiger partial charge in [-0.2, -0.15) is 0 Å². The third kappa shape index (κ3) is 2.91. The molecule has 2 aliphatic rings. The third-order valence-corrected chi connectivity index (χ3v) is 5.17. The van der Waals surface area contributed by atoms with Crippen molar-refractivity contribution in [3.63, 3.8) is 0 Å². The average molecular weight is 274 g/mol. The Morgan fingerprint density at radius 3 is 2.55 bits per heavy atom. The predicted octanol–water partition coefficient (Wildman–Crippen LogP) is 3.95. The lowest BCUT2D eigenvalue weighted by atomic mass is 9.91. The highest BCUT2D eigenvalue weighted by Gasteiger charge is 2.42. The molecule has 0 aromatic heterocycles. The first-order valence-corrected chi connectivity index (χ1v) is 8.06. The quantitative estimate of drug-likeness (QED) is 0.900. The van der Waals surface area contributed by atoms with E-state index in [1.807, 2.05) is 0 Å². The highest BCUT2D eigenvalue weighted by atomic mass is 16.5. The van der Waals surface area contributed by atoms with E-state index in [0.29, 0.717) is 6.10 Å². The van der Waals surface area contributed by atoms with Crippen LogP contribution in [0.3, 0.4) is 0 Å². The molecule has 1 aliphatic heterocycles. The van der Waals surface area contributed by atoms with Gasteiger partial charge in [-0.1, -0.05) is 42.7 Å². The Morgan fingerprint density at radius 2 is 1.90 bits per heavy atom. The topological polar surface area (TPSA) is 29.5 Å². The van der Waals surface area contributed by atoms with Gasteiger partial charge in [-0.3, -0.25) is 0 Å². The van der Waals surface area contributed by atoms with E-state index in [4.69, 9.17) is 4.74 Å². The zero-order chi connectivity index (χ0) is 14.0. The van der Waals surface area contributed by atoms with Gasteiger partial charge in [-0.25, -0.2) is 0 Å². The van der Waals surface area contributed by atoms with Crippen LogP contribution in [0.25, 0.3) is 0 Å².